The predicted molar refractivity (Wildman–Crippen MR) is 126 cm³/mol. The molecule has 0 spiro atoms. The van der Waals surface area contributed by atoms with Gasteiger partial charge in [0.1, 0.15) is 5.15 Å². The Hall–Kier alpha value is -3.16. The second kappa shape index (κ2) is 9.97. The standard InChI is InChI=1S/C24H20ClN3O3S/c1-31-23(30)18-8-9-19-20(13-18)27-24(32-15-17-7-10-21(25)26-14-17)28(22(19)29)12-11-16-5-3-2-4-6-16/h2-10,13-14H,11-12,15H2,1H3. The summed E-state index contributed by atoms with van der Waals surface area (Å²) in [5, 5.41) is 1.47. The van der Waals surface area contributed by atoms with Crippen LogP contribution in [0, 0.1) is 0 Å². The van der Waals surface area contributed by atoms with Crippen molar-refractivity contribution < 1.29 is 9.53 Å². The summed E-state index contributed by atoms with van der Waals surface area (Å²) >= 11 is 7.32. The van der Waals surface area contributed by atoms with Crippen LogP contribution in [-0.4, -0.2) is 27.6 Å². The molecule has 2 aromatic carbocycles. The Morgan fingerprint density at radius 3 is 2.62 bits per heavy atom. The third-order valence-corrected chi connectivity index (χ3v) is 6.24. The lowest BCUT2D eigenvalue weighted by molar-refractivity contribution is 0.0601. The number of benzene rings is 2. The second-order valence-corrected chi connectivity index (χ2v) is 8.42. The van der Waals surface area contributed by atoms with Crippen LogP contribution in [0.5, 0.6) is 0 Å². The molecule has 0 unspecified atom stereocenters. The maximum atomic E-state index is 13.3. The van der Waals surface area contributed by atoms with Gasteiger partial charge in [0.25, 0.3) is 5.56 Å². The number of pyridine rings is 1. The van der Waals surface area contributed by atoms with E-state index in [0.29, 0.717) is 45.5 Å². The van der Waals surface area contributed by atoms with E-state index < -0.39 is 5.97 Å². The molecule has 4 aromatic rings. The topological polar surface area (TPSA) is 74.1 Å². The molecule has 32 heavy (non-hydrogen) atoms. The number of fused-ring (bicyclic) bond motifs is 1. The van der Waals surface area contributed by atoms with Gasteiger partial charge < -0.3 is 4.74 Å². The molecule has 6 nitrogen and oxygen atoms in total. The number of methoxy groups -OCH3 is 1. The van der Waals surface area contributed by atoms with Crippen molar-refractivity contribution >= 4 is 40.2 Å². The molecule has 4 rings (SSSR count). The molecular formula is C24H20ClN3O3S. The predicted octanol–water partition coefficient (Wildman–Crippen LogP) is 4.77. The first-order valence-corrected chi connectivity index (χ1v) is 11.3. The van der Waals surface area contributed by atoms with E-state index in [-0.39, 0.29) is 5.56 Å². The molecule has 0 N–H and O–H groups in total. The van der Waals surface area contributed by atoms with Gasteiger partial charge in [0.2, 0.25) is 0 Å². The molecular weight excluding hydrogens is 446 g/mol. The van der Waals surface area contributed by atoms with Crippen LogP contribution in [0.25, 0.3) is 10.9 Å². The maximum absolute atomic E-state index is 13.3. The molecule has 0 aliphatic carbocycles. The van der Waals surface area contributed by atoms with Gasteiger partial charge in [0.15, 0.2) is 5.16 Å². The highest BCUT2D eigenvalue weighted by molar-refractivity contribution is 7.98. The first-order chi connectivity index (χ1) is 15.5. The number of carbonyl (C=O) groups is 1. The number of hydrogen-bond acceptors (Lipinski definition) is 6. The fourth-order valence-electron chi connectivity index (χ4n) is 3.28. The van der Waals surface area contributed by atoms with Gasteiger partial charge in [-0.15, -0.1) is 0 Å². The number of rotatable bonds is 7. The number of nitrogens with zero attached hydrogens (tertiary/aromatic N) is 3. The summed E-state index contributed by atoms with van der Waals surface area (Å²) in [4.78, 5) is 34.1. The highest BCUT2D eigenvalue weighted by Crippen LogP contribution is 2.23. The Balaban J connectivity index is 1.72. The summed E-state index contributed by atoms with van der Waals surface area (Å²) in [6.07, 6.45) is 2.41. The molecule has 0 amide bonds. The molecule has 0 atom stereocenters. The lowest BCUT2D eigenvalue weighted by Crippen LogP contribution is -2.24. The third kappa shape index (κ3) is 5.00. The molecule has 2 aromatic heterocycles. The molecule has 0 bridgehead atoms. The van der Waals surface area contributed by atoms with Gasteiger partial charge >= 0.3 is 5.97 Å². The fourth-order valence-corrected chi connectivity index (χ4v) is 4.35. The van der Waals surface area contributed by atoms with Crippen molar-refractivity contribution in [1.82, 2.24) is 14.5 Å². The number of thioether (sulfide) groups is 1. The van der Waals surface area contributed by atoms with Crippen LogP contribution < -0.4 is 5.56 Å². The van der Waals surface area contributed by atoms with E-state index in [1.807, 2.05) is 36.4 Å². The summed E-state index contributed by atoms with van der Waals surface area (Å²) in [5.74, 6) is 0.104. The molecule has 2 heterocycles. The van der Waals surface area contributed by atoms with Crippen molar-refractivity contribution in [1.29, 1.82) is 0 Å². The number of esters is 1. The van der Waals surface area contributed by atoms with Crippen LogP contribution in [0.3, 0.4) is 0 Å². The highest BCUT2D eigenvalue weighted by Gasteiger charge is 2.15. The lowest BCUT2D eigenvalue weighted by atomic mass is 10.1. The van der Waals surface area contributed by atoms with Gasteiger partial charge in [0.05, 0.1) is 23.6 Å². The summed E-state index contributed by atoms with van der Waals surface area (Å²) in [7, 11) is 1.32. The number of carbonyl (C=O) groups excluding carboxylic acids is 1. The van der Waals surface area contributed by atoms with Crippen molar-refractivity contribution in [3.8, 4) is 0 Å². The van der Waals surface area contributed by atoms with Gasteiger partial charge in [-0.25, -0.2) is 14.8 Å². The average Bonchev–Trinajstić information content (AvgIpc) is 2.83. The normalized spacial score (nSPS) is 10.9. The summed E-state index contributed by atoms with van der Waals surface area (Å²) < 4.78 is 6.49. The van der Waals surface area contributed by atoms with Crippen LogP contribution in [0.4, 0.5) is 0 Å². The SMILES string of the molecule is COC(=O)c1ccc2c(=O)n(CCc3ccccc3)c(SCc3ccc(Cl)nc3)nc2c1. The molecule has 0 radical (unpaired) electrons. The highest BCUT2D eigenvalue weighted by atomic mass is 35.5. The van der Waals surface area contributed by atoms with Crippen molar-refractivity contribution in [3.05, 3.63) is 99.1 Å². The number of aromatic nitrogens is 3. The largest absolute Gasteiger partial charge is 0.465 e. The van der Waals surface area contributed by atoms with Crippen LogP contribution in [-0.2, 0) is 23.5 Å². The zero-order valence-corrected chi connectivity index (χ0v) is 18.9. The molecule has 0 fully saturated rings. The Morgan fingerprint density at radius 1 is 1.09 bits per heavy atom. The van der Waals surface area contributed by atoms with Gasteiger partial charge in [-0.1, -0.05) is 59.8 Å². The van der Waals surface area contributed by atoms with Gasteiger partial charge in [0, 0.05) is 18.5 Å². The molecule has 0 aliphatic heterocycles. The third-order valence-electron chi connectivity index (χ3n) is 4.96. The van der Waals surface area contributed by atoms with Crippen LogP contribution in [0.2, 0.25) is 5.15 Å². The Kier molecular flexibility index (Phi) is 6.87. The number of aryl methyl sites for hydroxylation is 1. The second-order valence-electron chi connectivity index (χ2n) is 7.09. The molecule has 0 aliphatic rings. The first-order valence-electron chi connectivity index (χ1n) is 9.95. The smallest absolute Gasteiger partial charge is 0.337 e. The zero-order chi connectivity index (χ0) is 22.5. The number of ether oxygens (including phenoxy) is 1. The average molecular weight is 466 g/mol. The molecule has 0 saturated heterocycles. The minimum absolute atomic E-state index is 0.140. The summed E-state index contributed by atoms with van der Waals surface area (Å²) in [6, 6.07) is 18.4. The van der Waals surface area contributed by atoms with Gasteiger partial charge in [-0.2, -0.15) is 0 Å². The molecule has 0 saturated carbocycles. The molecule has 8 heteroatoms. The van der Waals surface area contributed by atoms with Crippen LogP contribution in [0.1, 0.15) is 21.5 Å². The Morgan fingerprint density at radius 2 is 1.91 bits per heavy atom. The van der Waals surface area contributed by atoms with E-state index in [4.69, 9.17) is 21.3 Å². The Labute approximate surface area is 194 Å². The minimum Gasteiger partial charge on any atom is -0.465 e. The van der Waals surface area contributed by atoms with E-state index in [1.54, 1.807) is 35.0 Å². The molecule has 162 valence electrons. The minimum atomic E-state index is -0.469. The summed E-state index contributed by atoms with van der Waals surface area (Å²) in [6.45, 7) is 0.492. The fraction of sp³-hybridized carbons (Fsp3) is 0.167. The first kappa shape index (κ1) is 22.0. The van der Waals surface area contributed by atoms with E-state index >= 15 is 0 Å². The van der Waals surface area contributed by atoms with Crippen LogP contribution >= 0.6 is 23.4 Å². The maximum Gasteiger partial charge on any atom is 0.337 e. The van der Waals surface area contributed by atoms with Crippen LogP contribution in [0.15, 0.2) is 76.8 Å². The van der Waals surface area contributed by atoms with Crippen molar-refractivity contribution in [2.75, 3.05) is 7.11 Å². The van der Waals surface area contributed by atoms with Crippen molar-refractivity contribution in [3.63, 3.8) is 0 Å². The number of halogens is 1. The van der Waals surface area contributed by atoms with Gasteiger partial charge in [-0.05, 0) is 41.8 Å². The monoisotopic (exact) mass is 465 g/mol. The van der Waals surface area contributed by atoms with E-state index in [0.717, 1.165) is 11.1 Å². The lowest BCUT2D eigenvalue weighted by Gasteiger charge is -2.14. The summed E-state index contributed by atoms with van der Waals surface area (Å²) in [5.41, 5.74) is 2.78. The number of hydrogen-bond donors (Lipinski definition) is 0. The van der Waals surface area contributed by atoms with Crippen molar-refractivity contribution in [2.45, 2.75) is 23.9 Å². The van der Waals surface area contributed by atoms with E-state index in [9.17, 15) is 9.59 Å². The quantitative estimate of drug-likeness (QED) is 0.169. The Bertz CT molecular complexity index is 1310. The zero-order valence-electron chi connectivity index (χ0n) is 17.3. The van der Waals surface area contributed by atoms with E-state index in [1.165, 1.54) is 18.9 Å². The van der Waals surface area contributed by atoms with E-state index in [2.05, 4.69) is 4.98 Å². The van der Waals surface area contributed by atoms with Crippen molar-refractivity contribution in [2.24, 2.45) is 0 Å². The van der Waals surface area contributed by atoms with Gasteiger partial charge in [-0.3, -0.25) is 9.36 Å².